The first-order valence-electron chi connectivity index (χ1n) is 9.39. The van der Waals surface area contributed by atoms with Gasteiger partial charge in [-0.05, 0) is 50.6 Å². The second-order valence-corrected chi connectivity index (χ2v) is 7.67. The molecule has 2 aliphatic rings. The molecule has 3 aromatic heterocycles. The quantitative estimate of drug-likeness (QED) is 0.694. The van der Waals surface area contributed by atoms with Crippen molar-refractivity contribution < 1.29 is 4.74 Å². The summed E-state index contributed by atoms with van der Waals surface area (Å²) in [6.07, 6.45) is 5.72. The number of hydrogen-bond donors (Lipinski definition) is 0. The molecule has 1 spiro atoms. The number of hydrogen-bond acceptors (Lipinski definition) is 7. The second-order valence-electron chi connectivity index (χ2n) is 7.67. The van der Waals surface area contributed by atoms with Crippen LogP contribution in [0.3, 0.4) is 0 Å². The lowest BCUT2D eigenvalue weighted by Gasteiger charge is -2.58. The van der Waals surface area contributed by atoms with Gasteiger partial charge in [0, 0.05) is 25.4 Å². The Balaban J connectivity index is 1.24. The van der Waals surface area contributed by atoms with Crippen molar-refractivity contribution in [2.24, 2.45) is 5.92 Å². The monoisotopic (exact) mass is 365 g/mol. The molecule has 0 N–H and O–H groups in total. The van der Waals surface area contributed by atoms with Crippen LogP contribution in [0.4, 0.5) is 5.82 Å². The molecule has 140 valence electrons. The standard InChI is InChI=1S/C19H23N7O/c1-24-9-7-15(11-27-18-4-2-3-8-20-18)10-19(24)12-25(13-19)17-6-5-16-22-21-14-26(16)23-17/h2-6,8,14-15H,7,9-13H2,1H3. The van der Waals surface area contributed by atoms with Gasteiger partial charge in [0.2, 0.25) is 5.88 Å². The summed E-state index contributed by atoms with van der Waals surface area (Å²) in [6.45, 7) is 3.81. The van der Waals surface area contributed by atoms with E-state index in [0.29, 0.717) is 11.8 Å². The molecule has 0 amide bonds. The topological polar surface area (TPSA) is 71.7 Å². The minimum absolute atomic E-state index is 0.209. The molecule has 0 bridgehead atoms. The Morgan fingerprint density at radius 2 is 2.15 bits per heavy atom. The molecule has 2 aliphatic heterocycles. The molecule has 0 aliphatic carbocycles. The van der Waals surface area contributed by atoms with Gasteiger partial charge in [-0.25, -0.2) is 4.98 Å². The SMILES string of the molecule is CN1CCC(COc2ccccn2)CC12CN(c1ccc3nncn3n1)C2. The van der Waals surface area contributed by atoms with Crippen LogP contribution in [0.15, 0.2) is 42.9 Å². The van der Waals surface area contributed by atoms with Gasteiger partial charge in [-0.15, -0.1) is 15.3 Å². The van der Waals surface area contributed by atoms with Crippen molar-refractivity contribution in [3.05, 3.63) is 42.9 Å². The maximum Gasteiger partial charge on any atom is 0.213 e. The largest absolute Gasteiger partial charge is 0.477 e. The third kappa shape index (κ3) is 2.99. The predicted molar refractivity (Wildman–Crippen MR) is 101 cm³/mol. The van der Waals surface area contributed by atoms with Gasteiger partial charge in [0.15, 0.2) is 5.65 Å². The molecule has 3 aromatic rings. The normalized spacial score (nSPS) is 22.1. The lowest BCUT2D eigenvalue weighted by atomic mass is 9.75. The van der Waals surface area contributed by atoms with Crippen molar-refractivity contribution in [2.75, 3.05) is 38.2 Å². The van der Waals surface area contributed by atoms with Crippen LogP contribution in [0.1, 0.15) is 12.8 Å². The first-order valence-corrected chi connectivity index (χ1v) is 9.39. The summed E-state index contributed by atoms with van der Waals surface area (Å²) >= 11 is 0. The average molecular weight is 365 g/mol. The number of fused-ring (bicyclic) bond motifs is 1. The molecule has 5 heterocycles. The highest BCUT2D eigenvalue weighted by atomic mass is 16.5. The molecule has 8 nitrogen and oxygen atoms in total. The van der Waals surface area contributed by atoms with Crippen LogP contribution >= 0.6 is 0 Å². The summed E-state index contributed by atoms with van der Waals surface area (Å²) in [5.74, 6) is 2.25. The molecule has 2 fully saturated rings. The van der Waals surface area contributed by atoms with Gasteiger partial charge in [-0.2, -0.15) is 4.52 Å². The number of pyridine rings is 1. The number of rotatable bonds is 4. The average Bonchev–Trinajstić information content (AvgIpc) is 3.14. The van der Waals surface area contributed by atoms with E-state index in [-0.39, 0.29) is 5.54 Å². The van der Waals surface area contributed by atoms with E-state index < -0.39 is 0 Å². The number of likely N-dealkylation sites (N-methyl/N-ethyl adjacent to an activating group) is 1. The zero-order chi connectivity index (χ0) is 18.3. The van der Waals surface area contributed by atoms with E-state index in [9.17, 15) is 0 Å². The fourth-order valence-electron chi connectivity index (χ4n) is 4.27. The van der Waals surface area contributed by atoms with Gasteiger partial charge < -0.3 is 9.64 Å². The zero-order valence-electron chi connectivity index (χ0n) is 15.4. The fourth-order valence-corrected chi connectivity index (χ4v) is 4.27. The van der Waals surface area contributed by atoms with Gasteiger partial charge in [-0.3, -0.25) is 4.90 Å². The number of nitrogens with zero attached hydrogens (tertiary/aromatic N) is 7. The van der Waals surface area contributed by atoms with Gasteiger partial charge >= 0.3 is 0 Å². The Morgan fingerprint density at radius 3 is 3.00 bits per heavy atom. The van der Waals surface area contributed by atoms with Crippen LogP contribution in [-0.2, 0) is 0 Å². The van der Waals surface area contributed by atoms with E-state index in [1.807, 2.05) is 30.3 Å². The van der Waals surface area contributed by atoms with Crippen molar-refractivity contribution in [2.45, 2.75) is 18.4 Å². The number of piperidine rings is 1. The van der Waals surface area contributed by atoms with E-state index in [0.717, 1.165) is 50.5 Å². The van der Waals surface area contributed by atoms with Gasteiger partial charge in [0.25, 0.3) is 0 Å². The number of anilines is 1. The van der Waals surface area contributed by atoms with Crippen LogP contribution < -0.4 is 9.64 Å². The van der Waals surface area contributed by atoms with E-state index in [1.54, 1.807) is 17.0 Å². The van der Waals surface area contributed by atoms with Crippen LogP contribution in [0, 0.1) is 5.92 Å². The molecule has 1 atom stereocenters. The Labute approximate surface area is 157 Å². The number of likely N-dealkylation sites (tertiary alicyclic amines) is 1. The lowest BCUT2D eigenvalue weighted by molar-refractivity contribution is 0.00550. The zero-order valence-corrected chi connectivity index (χ0v) is 15.4. The van der Waals surface area contributed by atoms with E-state index in [2.05, 4.69) is 37.1 Å². The lowest BCUT2D eigenvalue weighted by Crippen LogP contribution is -2.72. The molecular weight excluding hydrogens is 342 g/mol. The third-order valence-electron chi connectivity index (χ3n) is 5.90. The summed E-state index contributed by atoms with van der Waals surface area (Å²) in [7, 11) is 2.24. The van der Waals surface area contributed by atoms with Crippen molar-refractivity contribution in [1.29, 1.82) is 0 Å². The second kappa shape index (κ2) is 6.45. The molecule has 27 heavy (non-hydrogen) atoms. The highest BCUT2D eigenvalue weighted by Gasteiger charge is 2.50. The maximum atomic E-state index is 5.92. The fraction of sp³-hybridized carbons (Fsp3) is 0.474. The molecule has 8 heteroatoms. The summed E-state index contributed by atoms with van der Waals surface area (Å²) in [6, 6.07) is 9.78. The highest BCUT2D eigenvalue weighted by Crippen LogP contribution is 2.39. The minimum atomic E-state index is 0.209. The first-order chi connectivity index (χ1) is 13.2. The number of aromatic nitrogens is 5. The summed E-state index contributed by atoms with van der Waals surface area (Å²) in [4.78, 5) is 9.10. The molecule has 2 saturated heterocycles. The van der Waals surface area contributed by atoms with Crippen LogP contribution in [0.25, 0.3) is 5.65 Å². The molecule has 0 saturated carbocycles. The Morgan fingerprint density at radius 1 is 1.22 bits per heavy atom. The minimum Gasteiger partial charge on any atom is -0.477 e. The smallest absolute Gasteiger partial charge is 0.213 e. The Hall–Kier alpha value is -2.74. The van der Waals surface area contributed by atoms with E-state index >= 15 is 0 Å². The summed E-state index contributed by atoms with van der Waals surface area (Å²) in [5, 5.41) is 12.5. The highest BCUT2D eigenvalue weighted by molar-refractivity contribution is 5.48. The molecule has 0 aromatic carbocycles. The maximum absolute atomic E-state index is 5.92. The van der Waals surface area contributed by atoms with Crippen molar-refractivity contribution >= 4 is 11.5 Å². The van der Waals surface area contributed by atoms with Crippen molar-refractivity contribution in [1.82, 2.24) is 29.7 Å². The summed E-state index contributed by atoms with van der Waals surface area (Å²) in [5.41, 5.74) is 0.982. The molecular formula is C19H23N7O. The molecule has 5 rings (SSSR count). The third-order valence-corrected chi connectivity index (χ3v) is 5.90. The van der Waals surface area contributed by atoms with Crippen LogP contribution in [-0.4, -0.2) is 68.5 Å². The van der Waals surface area contributed by atoms with Crippen LogP contribution in [0.2, 0.25) is 0 Å². The molecule has 1 unspecified atom stereocenters. The Bertz CT molecular complexity index is 922. The van der Waals surface area contributed by atoms with Gasteiger partial charge in [-0.1, -0.05) is 6.07 Å². The van der Waals surface area contributed by atoms with E-state index in [4.69, 9.17) is 4.74 Å². The molecule has 0 radical (unpaired) electrons. The van der Waals surface area contributed by atoms with Gasteiger partial charge in [0.05, 0.1) is 12.1 Å². The van der Waals surface area contributed by atoms with Crippen molar-refractivity contribution in [3.8, 4) is 5.88 Å². The number of ether oxygens (including phenoxy) is 1. The Kier molecular flexibility index (Phi) is 3.93. The summed E-state index contributed by atoms with van der Waals surface area (Å²) < 4.78 is 7.65. The predicted octanol–water partition coefficient (Wildman–Crippen LogP) is 1.50. The van der Waals surface area contributed by atoms with E-state index in [1.165, 1.54) is 0 Å². The van der Waals surface area contributed by atoms with Crippen LogP contribution in [0.5, 0.6) is 5.88 Å². The van der Waals surface area contributed by atoms with Crippen molar-refractivity contribution in [3.63, 3.8) is 0 Å². The van der Waals surface area contributed by atoms with Gasteiger partial charge in [0.1, 0.15) is 12.1 Å². The first kappa shape index (κ1) is 16.4.